The standard InChI is InChI=1S/C17H24N2O2S.ClH/c1-12-3-4-15(9-13(12)2)21-14-5-7-19(8-6-14)17(20)16-10-22-11-18-16;/h3-4,9,14,16,18H,5-8,10-11H2,1-2H3;1H. The average molecular weight is 357 g/mol. The van der Waals surface area contributed by atoms with Gasteiger partial charge in [-0.3, -0.25) is 10.1 Å². The zero-order valence-electron chi connectivity index (χ0n) is 13.7. The molecular formula is C17H25ClN2O2S. The first kappa shape index (κ1) is 18.4. The molecule has 1 atom stereocenters. The van der Waals surface area contributed by atoms with Crippen molar-refractivity contribution in [1.29, 1.82) is 0 Å². The Bertz CT molecular complexity index is 541. The van der Waals surface area contributed by atoms with Gasteiger partial charge in [0.2, 0.25) is 5.91 Å². The second kappa shape index (κ2) is 8.27. The molecule has 1 aromatic carbocycles. The molecule has 4 nitrogen and oxygen atoms in total. The molecule has 0 bridgehead atoms. The van der Waals surface area contributed by atoms with E-state index in [-0.39, 0.29) is 30.5 Å². The molecule has 1 N–H and O–H groups in total. The number of carbonyl (C=O) groups is 1. The molecule has 2 aliphatic rings. The van der Waals surface area contributed by atoms with E-state index in [1.54, 1.807) is 11.8 Å². The van der Waals surface area contributed by atoms with Crippen molar-refractivity contribution in [2.45, 2.75) is 38.8 Å². The number of carbonyl (C=O) groups excluding carboxylic acids is 1. The van der Waals surface area contributed by atoms with E-state index in [0.29, 0.717) is 0 Å². The number of nitrogens with one attached hydrogen (secondary N) is 1. The maximum atomic E-state index is 12.4. The van der Waals surface area contributed by atoms with Gasteiger partial charge in [0, 0.05) is 37.6 Å². The Hall–Kier alpha value is -0.910. The molecule has 2 saturated heterocycles. The van der Waals surface area contributed by atoms with Crippen molar-refractivity contribution in [2.75, 3.05) is 24.7 Å². The molecule has 2 fully saturated rings. The number of aryl methyl sites for hydroxylation is 2. The largest absolute Gasteiger partial charge is 0.490 e. The van der Waals surface area contributed by atoms with Crippen LogP contribution >= 0.6 is 24.2 Å². The first-order valence-electron chi connectivity index (χ1n) is 7.97. The Morgan fingerprint density at radius 1 is 1.26 bits per heavy atom. The van der Waals surface area contributed by atoms with Crippen molar-refractivity contribution in [3.63, 3.8) is 0 Å². The van der Waals surface area contributed by atoms with E-state index in [9.17, 15) is 4.79 Å². The van der Waals surface area contributed by atoms with Crippen molar-refractivity contribution in [2.24, 2.45) is 0 Å². The summed E-state index contributed by atoms with van der Waals surface area (Å²) < 4.78 is 6.09. The topological polar surface area (TPSA) is 41.6 Å². The molecule has 1 aromatic rings. The van der Waals surface area contributed by atoms with Crippen LogP contribution in [0.15, 0.2) is 18.2 Å². The summed E-state index contributed by atoms with van der Waals surface area (Å²) >= 11 is 1.80. The zero-order chi connectivity index (χ0) is 15.5. The van der Waals surface area contributed by atoms with Gasteiger partial charge in [0.05, 0.1) is 6.04 Å². The van der Waals surface area contributed by atoms with E-state index < -0.39 is 0 Å². The Morgan fingerprint density at radius 3 is 2.61 bits per heavy atom. The molecule has 3 rings (SSSR count). The molecular weight excluding hydrogens is 332 g/mol. The van der Waals surface area contributed by atoms with Gasteiger partial charge >= 0.3 is 0 Å². The van der Waals surface area contributed by atoms with Crippen molar-refractivity contribution < 1.29 is 9.53 Å². The van der Waals surface area contributed by atoms with E-state index in [0.717, 1.165) is 43.3 Å². The summed E-state index contributed by atoms with van der Waals surface area (Å²) in [5, 5.41) is 3.26. The monoisotopic (exact) mass is 356 g/mol. The lowest BCUT2D eigenvalue weighted by Gasteiger charge is -2.33. The third-order valence-electron chi connectivity index (χ3n) is 4.55. The number of hydrogen-bond acceptors (Lipinski definition) is 4. The number of hydrogen-bond donors (Lipinski definition) is 1. The number of halogens is 1. The minimum Gasteiger partial charge on any atom is -0.490 e. The predicted octanol–water partition coefficient (Wildman–Crippen LogP) is 2.76. The smallest absolute Gasteiger partial charge is 0.240 e. The summed E-state index contributed by atoms with van der Waals surface area (Å²) in [6.45, 7) is 5.82. The quantitative estimate of drug-likeness (QED) is 0.904. The third kappa shape index (κ3) is 4.55. The normalized spacial score (nSPS) is 21.8. The number of nitrogens with zero attached hydrogens (tertiary/aromatic N) is 1. The van der Waals surface area contributed by atoms with Crippen LogP contribution in [0, 0.1) is 13.8 Å². The SMILES string of the molecule is Cc1ccc(OC2CCN(C(=O)C3CSCN3)CC2)cc1C.Cl. The number of amides is 1. The highest BCUT2D eigenvalue weighted by Crippen LogP contribution is 2.22. The van der Waals surface area contributed by atoms with Crippen LogP contribution in [-0.4, -0.2) is 47.7 Å². The first-order valence-corrected chi connectivity index (χ1v) is 9.13. The number of likely N-dealkylation sites (tertiary alicyclic amines) is 1. The van der Waals surface area contributed by atoms with E-state index in [2.05, 4.69) is 31.3 Å². The van der Waals surface area contributed by atoms with Crippen molar-refractivity contribution in [1.82, 2.24) is 10.2 Å². The second-order valence-electron chi connectivity index (χ2n) is 6.16. The van der Waals surface area contributed by atoms with Crippen LogP contribution in [0.5, 0.6) is 5.75 Å². The van der Waals surface area contributed by atoms with Gasteiger partial charge < -0.3 is 9.64 Å². The van der Waals surface area contributed by atoms with Gasteiger partial charge in [0.15, 0.2) is 0 Å². The summed E-state index contributed by atoms with van der Waals surface area (Å²) in [5.41, 5.74) is 2.55. The van der Waals surface area contributed by atoms with E-state index in [4.69, 9.17) is 4.74 Å². The van der Waals surface area contributed by atoms with Crippen LogP contribution < -0.4 is 10.1 Å². The number of rotatable bonds is 3. The van der Waals surface area contributed by atoms with E-state index >= 15 is 0 Å². The highest BCUT2D eigenvalue weighted by molar-refractivity contribution is 7.99. The highest BCUT2D eigenvalue weighted by Gasteiger charge is 2.30. The predicted molar refractivity (Wildman–Crippen MR) is 97.6 cm³/mol. The fourth-order valence-electron chi connectivity index (χ4n) is 2.95. The lowest BCUT2D eigenvalue weighted by atomic mass is 10.1. The van der Waals surface area contributed by atoms with Gasteiger partial charge in [0.1, 0.15) is 11.9 Å². The van der Waals surface area contributed by atoms with Crippen LogP contribution in [0.2, 0.25) is 0 Å². The van der Waals surface area contributed by atoms with Crippen molar-refractivity contribution in [3.05, 3.63) is 29.3 Å². The Kier molecular flexibility index (Phi) is 6.62. The third-order valence-corrected chi connectivity index (χ3v) is 5.49. The lowest BCUT2D eigenvalue weighted by molar-refractivity contribution is -0.134. The molecule has 23 heavy (non-hydrogen) atoms. The maximum Gasteiger partial charge on any atom is 0.240 e. The molecule has 0 aromatic heterocycles. The number of thioether (sulfide) groups is 1. The van der Waals surface area contributed by atoms with E-state index in [1.165, 1.54) is 11.1 Å². The van der Waals surface area contributed by atoms with Gasteiger partial charge in [-0.15, -0.1) is 24.2 Å². The van der Waals surface area contributed by atoms with Gasteiger partial charge in [-0.25, -0.2) is 0 Å². The molecule has 0 radical (unpaired) electrons. The Morgan fingerprint density at radius 2 is 2.00 bits per heavy atom. The average Bonchev–Trinajstić information content (AvgIpc) is 3.05. The number of benzene rings is 1. The fraction of sp³-hybridized carbons (Fsp3) is 0.588. The lowest BCUT2D eigenvalue weighted by Crippen LogP contribution is -2.49. The van der Waals surface area contributed by atoms with E-state index in [1.807, 2.05) is 11.0 Å². The van der Waals surface area contributed by atoms with Crippen LogP contribution in [0.25, 0.3) is 0 Å². The minimum absolute atomic E-state index is 0. The molecule has 2 aliphatic heterocycles. The summed E-state index contributed by atoms with van der Waals surface area (Å²) in [6, 6.07) is 6.26. The van der Waals surface area contributed by atoms with Gasteiger partial charge in [-0.2, -0.15) is 0 Å². The van der Waals surface area contributed by atoms with Crippen LogP contribution in [-0.2, 0) is 4.79 Å². The van der Waals surface area contributed by atoms with Crippen LogP contribution in [0.3, 0.4) is 0 Å². The van der Waals surface area contributed by atoms with Gasteiger partial charge in [0.25, 0.3) is 0 Å². The number of ether oxygens (including phenoxy) is 1. The second-order valence-corrected chi connectivity index (χ2v) is 7.19. The molecule has 6 heteroatoms. The molecule has 2 heterocycles. The van der Waals surface area contributed by atoms with Gasteiger partial charge in [-0.05, 0) is 37.1 Å². The summed E-state index contributed by atoms with van der Waals surface area (Å²) in [6.07, 6.45) is 2.05. The number of piperidine rings is 1. The zero-order valence-corrected chi connectivity index (χ0v) is 15.3. The molecule has 0 aliphatic carbocycles. The molecule has 0 saturated carbocycles. The minimum atomic E-state index is 0. The Balaban J connectivity index is 0.00000192. The fourth-order valence-corrected chi connectivity index (χ4v) is 3.88. The summed E-state index contributed by atoms with van der Waals surface area (Å²) in [4.78, 5) is 14.3. The van der Waals surface area contributed by atoms with Gasteiger partial charge in [-0.1, -0.05) is 6.07 Å². The molecule has 1 unspecified atom stereocenters. The molecule has 1 amide bonds. The van der Waals surface area contributed by atoms with Crippen molar-refractivity contribution >= 4 is 30.1 Å². The van der Waals surface area contributed by atoms with Crippen molar-refractivity contribution in [3.8, 4) is 5.75 Å². The molecule has 0 spiro atoms. The summed E-state index contributed by atoms with van der Waals surface area (Å²) in [7, 11) is 0. The summed E-state index contributed by atoms with van der Waals surface area (Å²) in [5.74, 6) is 3.00. The van der Waals surface area contributed by atoms with Crippen LogP contribution in [0.1, 0.15) is 24.0 Å². The Labute approximate surface area is 148 Å². The van der Waals surface area contributed by atoms with Crippen LogP contribution in [0.4, 0.5) is 0 Å². The molecule has 128 valence electrons. The first-order chi connectivity index (χ1) is 10.6. The maximum absolute atomic E-state index is 12.4. The highest BCUT2D eigenvalue weighted by atomic mass is 35.5.